The quantitative estimate of drug-likeness (QED) is 0.584. The molecule has 3 rings (SSSR count). The number of aromatic amines is 1. The summed E-state index contributed by atoms with van der Waals surface area (Å²) in [7, 11) is 0. The van der Waals surface area contributed by atoms with E-state index in [0.29, 0.717) is 22.2 Å². The van der Waals surface area contributed by atoms with Gasteiger partial charge in [0.2, 0.25) is 0 Å². The lowest BCUT2D eigenvalue weighted by Gasteiger charge is -1.98. The summed E-state index contributed by atoms with van der Waals surface area (Å²) < 4.78 is 1.50. The van der Waals surface area contributed by atoms with Gasteiger partial charge in [0.1, 0.15) is 11.6 Å². The van der Waals surface area contributed by atoms with E-state index in [9.17, 15) is 4.79 Å². The predicted molar refractivity (Wildman–Crippen MR) is 55.8 cm³/mol. The number of H-pyrrole nitrogens is 1. The molecule has 0 spiro atoms. The van der Waals surface area contributed by atoms with Gasteiger partial charge in [-0.15, -0.1) is 0 Å². The molecule has 0 bridgehead atoms. The Balaban J connectivity index is 2.67. The third kappa shape index (κ3) is 0.966. The highest BCUT2D eigenvalue weighted by Crippen LogP contribution is 2.11. The molecular formula is C10H5N5O. The Bertz CT molecular complexity index is 792. The van der Waals surface area contributed by atoms with Crippen LogP contribution in [0, 0.1) is 11.3 Å². The molecule has 0 aliphatic rings. The van der Waals surface area contributed by atoms with Gasteiger partial charge in [0.25, 0.3) is 5.56 Å². The van der Waals surface area contributed by atoms with E-state index in [0.717, 1.165) is 0 Å². The minimum Gasteiger partial charge on any atom is -0.304 e. The van der Waals surface area contributed by atoms with Gasteiger partial charge in [-0.1, -0.05) is 0 Å². The van der Waals surface area contributed by atoms with Crippen LogP contribution in [0.5, 0.6) is 0 Å². The highest BCUT2D eigenvalue weighted by molar-refractivity contribution is 5.77. The van der Waals surface area contributed by atoms with Crippen molar-refractivity contribution in [2.24, 2.45) is 0 Å². The van der Waals surface area contributed by atoms with E-state index in [-0.39, 0.29) is 5.56 Å². The van der Waals surface area contributed by atoms with E-state index in [1.165, 1.54) is 16.9 Å². The van der Waals surface area contributed by atoms with Crippen LogP contribution < -0.4 is 5.56 Å². The van der Waals surface area contributed by atoms with E-state index in [1.54, 1.807) is 12.1 Å². The van der Waals surface area contributed by atoms with E-state index >= 15 is 0 Å². The molecule has 76 valence electrons. The molecular weight excluding hydrogens is 206 g/mol. The maximum atomic E-state index is 11.7. The van der Waals surface area contributed by atoms with Crippen molar-refractivity contribution in [1.82, 2.24) is 19.6 Å². The minimum absolute atomic E-state index is 0.308. The summed E-state index contributed by atoms with van der Waals surface area (Å²) in [5.74, 6) is 0. The molecule has 6 heteroatoms. The van der Waals surface area contributed by atoms with E-state index in [4.69, 9.17) is 5.26 Å². The normalized spacial score (nSPS) is 10.7. The van der Waals surface area contributed by atoms with Crippen LogP contribution in [-0.2, 0) is 0 Å². The Kier molecular flexibility index (Phi) is 1.56. The van der Waals surface area contributed by atoms with Crippen LogP contribution in [-0.4, -0.2) is 19.6 Å². The van der Waals surface area contributed by atoms with Crippen molar-refractivity contribution in [2.45, 2.75) is 0 Å². The summed E-state index contributed by atoms with van der Waals surface area (Å²) in [6, 6.07) is 5.42. The highest BCUT2D eigenvalue weighted by Gasteiger charge is 2.09. The second kappa shape index (κ2) is 2.90. The van der Waals surface area contributed by atoms with Crippen molar-refractivity contribution in [3.8, 4) is 6.07 Å². The van der Waals surface area contributed by atoms with Crippen molar-refractivity contribution in [3.63, 3.8) is 0 Å². The molecule has 0 saturated heterocycles. The topological polar surface area (TPSA) is 86.8 Å². The minimum atomic E-state index is -0.319. The number of aromatic nitrogens is 4. The lowest BCUT2D eigenvalue weighted by atomic mass is 10.3. The number of hydrogen-bond donors (Lipinski definition) is 1. The fourth-order valence-corrected chi connectivity index (χ4v) is 1.64. The molecule has 6 nitrogen and oxygen atoms in total. The van der Waals surface area contributed by atoms with Crippen molar-refractivity contribution >= 4 is 16.7 Å². The molecule has 0 aliphatic heterocycles. The van der Waals surface area contributed by atoms with Gasteiger partial charge < -0.3 is 4.98 Å². The number of hydrogen-bond acceptors (Lipinski definition) is 4. The smallest absolute Gasteiger partial charge is 0.277 e. The van der Waals surface area contributed by atoms with E-state index in [2.05, 4.69) is 15.1 Å². The van der Waals surface area contributed by atoms with Gasteiger partial charge in [0.05, 0.1) is 11.7 Å². The molecule has 3 heterocycles. The van der Waals surface area contributed by atoms with Gasteiger partial charge in [0, 0.05) is 6.20 Å². The fraction of sp³-hybridized carbons (Fsp3) is 0. The zero-order valence-corrected chi connectivity index (χ0v) is 8.01. The third-order valence-corrected chi connectivity index (χ3v) is 2.35. The summed E-state index contributed by atoms with van der Waals surface area (Å²) in [5, 5.41) is 12.9. The molecule has 16 heavy (non-hydrogen) atoms. The molecule has 0 aliphatic carbocycles. The van der Waals surface area contributed by atoms with Crippen molar-refractivity contribution in [1.29, 1.82) is 5.26 Å². The van der Waals surface area contributed by atoms with Gasteiger partial charge in [-0.3, -0.25) is 4.79 Å². The number of pyridine rings is 1. The molecule has 3 aromatic heterocycles. The molecule has 0 unspecified atom stereocenters. The summed E-state index contributed by atoms with van der Waals surface area (Å²) in [6.45, 7) is 0. The first-order chi connectivity index (χ1) is 7.81. The van der Waals surface area contributed by atoms with Gasteiger partial charge in [-0.25, -0.2) is 9.50 Å². The number of rotatable bonds is 0. The molecule has 3 aromatic rings. The monoisotopic (exact) mass is 211 g/mol. The Labute approximate surface area is 88.8 Å². The van der Waals surface area contributed by atoms with Crippen molar-refractivity contribution in [3.05, 3.63) is 40.4 Å². The van der Waals surface area contributed by atoms with Crippen molar-refractivity contribution in [2.75, 3.05) is 0 Å². The predicted octanol–water partition coefficient (Wildman–Crippen LogP) is 0.442. The summed E-state index contributed by atoms with van der Waals surface area (Å²) >= 11 is 0. The molecule has 0 amide bonds. The SMILES string of the molecule is N#Cc1cnn2c1[nH]c(=O)c1ncccc12. The van der Waals surface area contributed by atoms with Gasteiger partial charge in [0.15, 0.2) is 11.2 Å². The summed E-state index contributed by atoms with van der Waals surface area (Å²) in [5.41, 5.74) is 1.31. The number of nitrogens with zero attached hydrogens (tertiary/aromatic N) is 4. The maximum Gasteiger partial charge on any atom is 0.277 e. The molecule has 1 N–H and O–H groups in total. The van der Waals surface area contributed by atoms with Gasteiger partial charge >= 0.3 is 0 Å². The second-order valence-corrected chi connectivity index (χ2v) is 3.26. The third-order valence-electron chi connectivity index (χ3n) is 2.35. The second-order valence-electron chi connectivity index (χ2n) is 3.26. The van der Waals surface area contributed by atoms with Crippen LogP contribution in [0.2, 0.25) is 0 Å². The highest BCUT2D eigenvalue weighted by atomic mass is 16.1. The number of fused-ring (bicyclic) bond motifs is 3. The molecule has 0 atom stereocenters. The average Bonchev–Trinajstić information content (AvgIpc) is 2.72. The zero-order valence-electron chi connectivity index (χ0n) is 8.01. The lowest BCUT2D eigenvalue weighted by Crippen LogP contribution is -2.11. The molecule has 0 aromatic carbocycles. The van der Waals surface area contributed by atoms with E-state index in [1.807, 2.05) is 6.07 Å². The molecule has 0 saturated carbocycles. The lowest BCUT2D eigenvalue weighted by molar-refractivity contribution is 0.972. The van der Waals surface area contributed by atoms with Gasteiger partial charge in [-0.05, 0) is 12.1 Å². The maximum absolute atomic E-state index is 11.7. The van der Waals surface area contributed by atoms with Crippen LogP contribution in [0.15, 0.2) is 29.3 Å². The van der Waals surface area contributed by atoms with Crippen LogP contribution in [0.1, 0.15) is 5.56 Å². The number of nitrogens with one attached hydrogen (secondary N) is 1. The fourth-order valence-electron chi connectivity index (χ4n) is 1.64. The van der Waals surface area contributed by atoms with Crippen LogP contribution >= 0.6 is 0 Å². The van der Waals surface area contributed by atoms with Crippen LogP contribution in [0.25, 0.3) is 16.7 Å². The van der Waals surface area contributed by atoms with Crippen LogP contribution in [0.4, 0.5) is 0 Å². The standard InChI is InChI=1S/C10H5N5O/c11-4-6-5-13-15-7-2-1-3-12-8(7)10(16)14-9(6)15/h1-3,5H,(H,14,16). The Morgan fingerprint density at radius 3 is 3.19 bits per heavy atom. The molecule has 0 radical (unpaired) electrons. The van der Waals surface area contributed by atoms with Crippen molar-refractivity contribution < 1.29 is 0 Å². The summed E-state index contributed by atoms with van der Waals surface area (Å²) in [6.07, 6.45) is 2.95. The number of nitriles is 1. The van der Waals surface area contributed by atoms with Crippen LogP contribution in [0.3, 0.4) is 0 Å². The Hall–Kier alpha value is -2.68. The average molecular weight is 211 g/mol. The van der Waals surface area contributed by atoms with E-state index < -0.39 is 0 Å². The summed E-state index contributed by atoms with van der Waals surface area (Å²) in [4.78, 5) is 18.3. The zero-order chi connectivity index (χ0) is 11.1. The molecule has 0 fully saturated rings. The first-order valence-electron chi connectivity index (χ1n) is 4.56. The first-order valence-corrected chi connectivity index (χ1v) is 4.56. The van der Waals surface area contributed by atoms with Gasteiger partial charge in [-0.2, -0.15) is 10.4 Å². The Morgan fingerprint density at radius 1 is 1.50 bits per heavy atom. The Morgan fingerprint density at radius 2 is 2.38 bits per heavy atom. The first kappa shape index (κ1) is 8.61. The largest absolute Gasteiger partial charge is 0.304 e.